The van der Waals surface area contributed by atoms with Gasteiger partial charge in [0.15, 0.2) is 0 Å². The van der Waals surface area contributed by atoms with E-state index in [-0.39, 0.29) is 17.3 Å². The molecule has 2 rings (SSSR count). The van der Waals surface area contributed by atoms with Gasteiger partial charge in [-0.3, -0.25) is 4.79 Å². The normalized spacial score (nSPS) is 11.4. The van der Waals surface area contributed by atoms with Crippen LogP contribution in [0.4, 0.5) is 11.5 Å². The van der Waals surface area contributed by atoms with Gasteiger partial charge in [-0.2, -0.15) is 4.31 Å². The fraction of sp³-hybridized carbons (Fsp3) is 0.294. The highest BCUT2D eigenvalue weighted by molar-refractivity contribution is 9.10. The van der Waals surface area contributed by atoms with Crippen molar-refractivity contribution in [2.24, 2.45) is 0 Å². The fourth-order valence-corrected chi connectivity index (χ4v) is 4.12. The summed E-state index contributed by atoms with van der Waals surface area (Å²) in [5.41, 5.74) is 7.17. The molecule has 1 amide bonds. The summed E-state index contributed by atoms with van der Waals surface area (Å²) in [5.74, 6) is 0.121. The molecule has 0 bridgehead atoms. The molecule has 0 aliphatic rings. The van der Waals surface area contributed by atoms with Crippen LogP contribution >= 0.6 is 15.9 Å². The highest BCUT2D eigenvalue weighted by Crippen LogP contribution is 2.24. The van der Waals surface area contributed by atoms with Gasteiger partial charge in [-0.15, -0.1) is 0 Å². The van der Waals surface area contributed by atoms with Crippen LogP contribution in [0.1, 0.15) is 12.5 Å². The number of nitrogens with two attached hydrogens (primary N) is 1. The summed E-state index contributed by atoms with van der Waals surface area (Å²) in [7, 11) is -1.08. The van der Waals surface area contributed by atoms with Crippen LogP contribution in [0.5, 0.6) is 5.75 Å². The van der Waals surface area contributed by atoms with Gasteiger partial charge in [0.05, 0.1) is 13.7 Å². The Hall–Kier alpha value is -2.17. The van der Waals surface area contributed by atoms with Crippen LogP contribution in [-0.2, 0) is 21.2 Å². The van der Waals surface area contributed by atoms with Gasteiger partial charge in [-0.1, -0.05) is 6.92 Å². The zero-order valence-electron chi connectivity index (χ0n) is 15.2. The van der Waals surface area contributed by atoms with E-state index in [9.17, 15) is 13.2 Å². The average molecular weight is 457 g/mol. The number of sulfonamides is 1. The number of hydrogen-bond acceptors (Lipinski definition) is 6. The van der Waals surface area contributed by atoms with Crippen molar-refractivity contribution in [3.63, 3.8) is 0 Å². The molecular weight excluding hydrogens is 436 g/mol. The number of amides is 1. The molecule has 0 spiro atoms. The van der Waals surface area contributed by atoms with E-state index in [2.05, 4.69) is 26.2 Å². The summed E-state index contributed by atoms with van der Waals surface area (Å²) in [6, 6.07) is 6.59. The van der Waals surface area contributed by atoms with Crippen molar-refractivity contribution in [3.8, 4) is 5.75 Å². The molecule has 0 aliphatic heterocycles. The van der Waals surface area contributed by atoms with E-state index in [4.69, 9.17) is 10.5 Å². The number of methoxy groups -OCH3 is 1. The van der Waals surface area contributed by atoms with Crippen molar-refractivity contribution in [2.75, 3.05) is 31.8 Å². The first kappa shape index (κ1) is 21.1. The van der Waals surface area contributed by atoms with Crippen molar-refractivity contribution in [1.29, 1.82) is 0 Å². The molecule has 0 saturated heterocycles. The van der Waals surface area contributed by atoms with Crippen molar-refractivity contribution >= 4 is 43.4 Å². The number of nitrogens with one attached hydrogen (secondary N) is 1. The summed E-state index contributed by atoms with van der Waals surface area (Å²) in [4.78, 5) is 16.0. The summed E-state index contributed by atoms with van der Waals surface area (Å²) >= 11 is 3.17. The lowest BCUT2D eigenvalue weighted by atomic mass is 10.1. The molecule has 0 unspecified atom stereocenters. The first-order valence-corrected chi connectivity index (χ1v) is 10.3. The number of ether oxygens (including phenoxy) is 1. The lowest BCUT2D eigenvalue weighted by Crippen LogP contribution is -2.35. The van der Waals surface area contributed by atoms with Gasteiger partial charge in [0, 0.05) is 23.4 Å². The number of halogens is 1. The second kappa shape index (κ2) is 8.68. The molecule has 0 radical (unpaired) electrons. The first-order valence-electron chi connectivity index (χ1n) is 8.03. The highest BCUT2D eigenvalue weighted by Gasteiger charge is 2.26. The van der Waals surface area contributed by atoms with Gasteiger partial charge in [0.25, 0.3) is 0 Å². The average Bonchev–Trinajstić information content (AvgIpc) is 2.63. The lowest BCUT2D eigenvalue weighted by Gasteiger charge is -2.18. The van der Waals surface area contributed by atoms with Crippen LogP contribution in [0.2, 0.25) is 0 Å². The van der Waals surface area contributed by atoms with Crippen LogP contribution in [0.15, 0.2) is 39.8 Å². The number of anilines is 2. The second-order valence-electron chi connectivity index (χ2n) is 5.73. The zero-order valence-corrected chi connectivity index (χ0v) is 17.6. The van der Waals surface area contributed by atoms with Gasteiger partial charge in [-0.05, 0) is 52.2 Å². The molecule has 27 heavy (non-hydrogen) atoms. The van der Waals surface area contributed by atoms with E-state index in [0.717, 1.165) is 22.0 Å². The molecule has 0 fully saturated rings. The second-order valence-corrected chi connectivity index (χ2v) is 8.66. The standard InChI is InChI=1S/C17H21BrN4O4S/c1-4-11-7-13(5-6-14(11)26-3)21-16(23)10-22(2)27(24,25)15-8-12(18)9-20-17(15)19/h5-9H,4,10H2,1-3H3,(H2,19,20)(H,21,23). The number of benzene rings is 1. The van der Waals surface area contributed by atoms with Crippen molar-refractivity contribution in [2.45, 2.75) is 18.2 Å². The Labute approximate surface area is 166 Å². The molecule has 1 aromatic carbocycles. The van der Waals surface area contributed by atoms with Gasteiger partial charge >= 0.3 is 0 Å². The molecule has 1 aromatic heterocycles. The zero-order chi connectivity index (χ0) is 20.2. The number of aryl methyl sites for hydroxylation is 1. The predicted molar refractivity (Wildman–Crippen MR) is 107 cm³/mol. The van der Waals surface area contributed by atoms with Crippen LogP contribution in [0.25, 0.3) is 0 Å². The quantitative estimate of drug-likeness (QED) is 0.659. The number of hydrogen-bond donors (Lipinski definition) is 2. The lowest BCUT2D eigenvalue weighted by molar-refractivity contribution is -0.116. The van der Waals surface area contributed by atoms with Crippen LogP contribution < -0.4 is 15.8 Å². The van der Waals surface area contributed by atoms with Crippen molar-refractivity contribution in [3.05, 3.63) is 40.5 Å². The topological polar surface area (TPSA) is 115 Å². The van der Waals surface area contributed by atoms with Crippen molar-refractivity contribution < 1.29 is 17.9 Å². The number of rotatable bonds is 7. The van der Waals surface area contributed by atoms with E-state index in [0.29, 0.717) is 10.2 Å². The number of aromatic nitrogens is 1. The third kappa shape index (κ3) is 4.96. The highest BCUT2D eigenvalue weighted by atomic mass is 79.9. The van der Waals surface area contributed by atoms with E-state index in [1.165, 1.54) is 19.3 Å². The third-order valence-electron chi connectivity index (χ3n) is 3.85. The number of pyridine rings is 1. The maximum absolute atomic E-state index is 12.7. The van der Waals surface area contributed by atoms with Crippen LogP contribution in [-0.4, -0.2) is 44.3 Å². The molecular formula is C17H21BrN4O4S. The number of nitrogen functional groups attached to an aromatic ring is 1. The Morgan fingerprint density at radius 2 is 2.07 bits per heavy atom. The van der Waals surface area contributed by atoms with Gasteiger partial charge < -0.3 is 15.8 Å². The van der Waals surface area contributed by atoms with E-state index in [1.807, 2.05) is 6.92 Å². The van der Waals surface area contributed by atoms with Gasteiger partial charge in [0.2, 0.25) is 15.9 Å². The Balaban J connectivity index is 2.14. The molecule has 2 aromatic rings. The summed E-state index contributed by atoms with van der Waals surface area (Å²) < 4.78 is 32.0. The molecule has 1 heterocycles. The van der Waals surface area contributed by atoms with Gasteiger partial charge in [-0.25, -0.2) is 13.4 Å². The number of carbonyl (C=O) groups is 1. The number of carbonyl (C=O) groups excluding carboxylic acids is 1. The minimum Gasteiger partial charge on any atom is -0.496 e. The smallest absolute Gasteiger partial charge is 0.246 e. The molecule has 8 nitrogen and oxygen atoms in total. The molecule has 0 saturated carbocycles. The fourth-order valence-electron chi connectivity index (χ4n) is 2.43. The summed E-state index contributed by atoms with van der Waals surface area (Å²) in [5, 5.41) is 2.69. The third-order valence-corrected chi connectivity index (χ3v) is 6.11. The Bertz CT molecular complexity index is 950. The van der Waals surface area contributed by atoms with Crippen LogP contribution in [0.3, 0.4) is 0 Å². The summed E-state index contributed by atoms with van der Waals surface area (Å²) in [6.45, 7) is 1.60. The first-order chi connectivity index (χ1) is 12.7. The van der Waals surface area contributed by atoms with E-state index >= 15 is 0 Å². The van der Waals surface area contributed by atoms with Crippen molar-refractivity contribution in [1.82, 2.24) is 9.29 Å². The Kier molecular flexibility index (Phi) is 6.79. The number of nitrogens with zero attached hydrogens (tertiary/aromatic N) is 2. The Morgan fingerprint density at radius 1 is 1.37 bits per heavy atom. The predicted octanol–water partition coefficient (Wildman–Crippen LogP) is 2.26. The monoisotopic (exact) mass is 456 g/mol. The van der Waals surface area contributed by atoms with E-state index in [1.54, 1.807) is 25.3 Å². The molecule has 0 aliphatic carbocycles. The molecule has 10 heteroatoms. The molecule has 0 atom stereocenters. The van der Waals surface area contributed by atoms with E-state index < -0.39 is 15.9 Å². The maximum atomic E-state index is 12.7. The SMILES string of the molecule is CCc1cc(NC(=O)CN(C)S(=O)(=O)c2cc(Br)cnc2N)ccc1OC. The largest absolute Gasteiger partial charge is 0.496 e. The Morgan fingerprint density at radius 3 is 2.70 bits per heavy atom. The summed E-state index contributed by atoms with van der Waals surface area (Å²) in [6.07, 6.45) is 2.13. The molecule has 146 valence electrons. The minimum atomic E-state index is -3.97. The van der Waals surface area contributed by atoms with Gasteiger partial charge in [0.1, 0.15) is 16.5 Å². The van der Waals surface area contributed by atoms with Crippen LogP contribution in [0, 0.1) is 0 Å². The number of likely N-dealkylation sites (N-methyl/N-ethyl adjacent to an activating group) is 1. The molecule has 3 N–H and O–H groups in total. The minimum absolute atomic E-state index is 0.131. The maximum Gasteiger partial charge on any atom is 0.246 e.